The predicted molar refractivity (Wildman–Crippen MR) is 106 cm³/mol. The van der Waals surface area contributed by atoms with Gasteiger partial charge in [0.25, 0.3) is 0 Å². The van der Waals surface area contributed by atoms with E-state index < -0.39 is 5.66 Å². The quantitative estimate of drug-likeness (QED) is 0.830. The summed E-state index contributed by atoms with van der Waals surface area (Å²) < 4.78 is 5.15. The summed E-state index contributed by atoms with van der Waals surface area (Å²) in [4.78, 5) is 24.8. The molecule has 1 saturated carbocycles. The van der Waals surface area contributed by atoms with Gasteiger partial charge in [-0.25, -0.2) is 9.79 Å². The van der Waals surface area contributed by atoms with E-state index in [9.17, 15) is 4.79 Å². The maximum Gasteiger partial charge on any atom is 0.414 e. The van der Waals surface area contributed by atoms with Gasteiger partial charge < -0.3 is 16.2 Å². The lowest BCUT2D eigenvalue weighted by Gasteiger charge is -2.45. The molecule has 1 spiro atoms. The van der Waals surface area contributed by atoms with E-state index in [1.165, 1.54) is 6.42 Å². The van der Waals surface area contributed by atoms with Crippen molar-refractivity contribution in [2.75, 3.05) is 23.0 Å². The molecule has 4 N–H and O–H groups in total. The summed E-state index contributed by atoms with van der Waals surface area (Å²) in [5.41, 5.74) is 14.7. The molecule has 2 heterocycles. The van der Waals surface area contributed by atoms with Crippen LogP contribution in [0.2, 0.25) is 0 Å². The number of fused-ring (bicyclic) bond motifs is 1. The number of nitrogens with two attached hydrogens (primary N) is 2. The normalized spacial score (nSPS) is 20.9. The molecule has 2 aliphatic heterocycles. The Morgan fingerprint density at radius 2 is 2.04 bits per heavy atom. The van der Waals surface area contributed by atoms with Crippen LogP contribution in [-0.4, -0.2) is 36.8 Å². The molecule has 27 heavy (non-hydrogen) atoms. The van der Waals surface area contributed by atoms with Crippen molar-refractivity contribution in [1.29, 1.82) is 0 Å². The average Bonchev–Trinajstić information content (AvgIpc) is 3.05. The second-order valence-electron chi connectivity index (χ2n) is 7.23. The van der Waals surface area contributed by atoms with Crippen LogP contribution in [0.1, 0.15) is 44.6 Å². The third kappa shape index (κ3) is 2.98. The second kappa shape index (κ2) is 6.75. The third-order valence-electron chi connectivity index (χ3n) is 5.56. The molecular weight excluding hydrogens is 344 g/mol. The summed E-state index contributed by atoms with van der Waals surface area (Å²) in [6.07, 6.45) is 5.64. The number of carbonyl (C=O) groups is 1. The molecule has 0 radical (unpaired) electrons. The number of rotatable bonds is 2. The van der Waals surface area contributed by atoms with Crippen LogP contribution in [0.15, 0.2) is 28.2 Å². The molecule has 1 aromatic rings. The lowest BCUT2D eigenvalue weighted by Crippen LogP contribution is -2.58. The number of hydrogen-bond acceptors (Lipinski definition) is 7. The molecule has 0 saturated heterocycles. The SMILES string of the molecule is CCOC(=O)N1CCc2cc(N3C(N)=NC(N)=NC34CCCCC4)ccc21. The predicted octanol–water partition coefficient (Wildman–Crippen LogP) is 2.32. The van der Waals surface area contributed by atoms with Gasteiger partial charge >= 0.3 is 6.09 Å². The van der Waals surface area contributed by atoms with Crippen LogP contribution in [0.5, 0.6) is 0 Å². The molecule has 0 unspecified atom stereocenters. The van der Waals surface area contributed by atoms with Crippen molar-refractivity contribution in [2.45, 2.75) is 51.1 Å². The number of ether oxygens (including phenoxy) is 1. The van der Waals surface area contributed by atoms with Gasteiger partial charge in [0.15, 0.2) is 0 Å². The largest absolute Gasteiger partial charge is 0.449 e. The van der Waals surface area contributed by atoms with E-state index in [-0.39, 0.29) is 12.1 Å². The number of anilines is 2. The van der Waals surface area contributed by atoms with Crippen LogP contribution < -0.4 is 21.3 Å². The molecule has 3 aliphatic rings. The zero-order chi connectivity index (χ0) is 19.0. The lowest BCUT2D eigenvalue weighted by atomic mass is 9.87. The Hall–Kier alpha value is -2.77. The first-order valence-corrected chi connectivity index (χ1v) is 9.61. The number of guanidine groups is 2. The fraction of sp³-hybridized carbons (Fsp3) is 0.526. The number of carbonyl (C=O) groups excluding carboxylic acids is 1. The summed E-state index contributed by atoms with van der Waals surface area (Å²) in [6, 6.07) is 6.02. The first-order valence-electron chi connectivity index (χ1n) is 9.61. The van der Waals surface area contributed by atoms with Gasteiger partial charge in [-0.15, -0.1) is 0 Å². The number of nitrogens with zero attached hydrogens (tertiary/aromatic N) is 4. The minimum Gasteiger partial charge on any atom is -0.449 e. The first kappa shape index (κ1) is 17.6. The Labute approximate surface area is 158 Å². The van der Waals surface area contributed by atoms with Gasteiger partial charge in [0.05, 0.1) is 12.3 Å². The third-order valence-corrected chi connectivity index (χ3v) is 5.56. The zero-order valence-electron chi connectivity index (χ0n) is 15.6. The van der Waals surface area contributed by atoms with Crippen LogP contribution in [0.4, 0.5) is 16.2 Å². The zero-order valence-corrected chi connectivity index (χ0v) is 15.6. The van der Waals surface area contributed by atoms with Crippen molar-refractivity contribution in [1.82, 2.24) is 0 Å². The minimum atomic E-state index is -0.457. The summed E-state index contributed by atoms with van der Waals surface area (Å²) in [6.45, 7) is 2.80. The molecule has 1 aliphatic carbocycles. The number of benzene rings is 1. The van der Waals surface area contributed by atoms with E-state index in [0.29, 0.717) is 19.1 Å². The van der Waals surface area contributed by atoms with E-state index in [4.69, 9.17) is 21.2 Å². The van der Waals surface area contributed by atoms with Gasteiger partial charge in [-0.3, -0.25) is 9.80 Å². The highest BCUT2D eigenvalue weighted by Crippen LogP contribution is 2.41. The Kier molecular flexibility index (Phi) is 4.41. The highest BCUT2D eigenvalue weighted by atomic mass is 16.6. The van der Waals surface area contributed by atoms with Crippen LogP contribution in [0.25, 0.3) is 0 Å². The van der Waals surface area contributed by atoms with Crippen molar-refractivity contribution in [2.24, 2.45) is 21.5 Å². The van der Waals surface area contributed by atoms with Crippen molar-refractivity contribution in [3.8, 4) is 0 Å². The maximum absolute atomic E-state index is 12.1. The Morgan fingerprint density at radius 3 is 2.78 bits per heavy atom. The molecule has 0 atom stereocenters. The average molecular weight is 370 g/mol. The molecule has 1 aromatic carbocycles. The molecule has 0 bridgehead atoms. The van der Waals surface area contributed by atoms with E-state index in [0.717, 1.165) is 49.0 Å². The molecule has 8 nitrogen and oxygen atoms in total. The molecule has 4 rings (SSSR count). The van der Waals surface area contributed by atoms with Gasteiger partial charge in [0.2, 0.25) is 11.9 Å². The molecule has 8 heteroatoms. The van der Waals surface area contributed by atoms with E-state index in [2.05, 4.69) is 11.1 Å². The standard InChI is InChI=1S/C19H26N6O2/c1-2-27-18(26)24-11-8-13-12-14(6-7-15(13)24)25-17(21)22-16(20)23-19(25)9-4-3-5-10-19/h6-7,12H,2-5,8-11H2,1H3,(H4,20,21,22,23). The Bertz CT molecular complexity index is 812. The minimum absolute atomic E-state index is 0.250. The molecule has 1 amide bonds. The van der Waals surface area contributed by atoms with Gasteiger partial charge in [-0.05, 0) is 62.8 Å². The molecule has 1 fully saturated rings. The van der Waals surface area contributed by atoms with Crippen LogP contribution in [0, 0.1) is 0 Å². The monoisotopic (exact) mass is 370 g/mol. The molecular formula is C19H26N6O2. The van der Waals surface area contributed by atoms with Crippen molar-refractivity contribution in [3.05, 3.63) is 23.8 Å². The van der Waals surface area contributed by atoms with Crippen molar-refractivity contribution >= 4 is 29.4 Å². The van der Waals surface area contributed by atoms with Crippen molar-refractivity contribution in [3.63, 3.8) is 0 Å². The smallest absolute Gasteiger partial charge is 0.414 e. The molecule has 144 valence electrons. The first-order chi connectivity index (χ1) is 13.0. The van der Waals surface area contributed by atoms with E-state index in [1.807, 2.05) is 24.0 Å². The number of amides is 1. The van der Waals surface area contributed by atoms with E-state index in [1.54, 1.807) is 4.90 Å². The number of aliphatic imine (C=N–C) groups is 2. The Morgan fingerprint density at radius 1 is 1.26 bits per heavy atom. The van der Waals surface area contributed by atoms with Crippen LogP contribution >= 0.6 is 0 Å². The maximum atomic E-state index is 12.1. The summed E-state index contributed by atoms with van der Waals surface area (Å²) in [7, 11) is 0. The Balaban J connectivity index is 1.69. The lowest BCUT2D eigenvalue weighted by molar-refractivity contribution is 0.160. The van der Waals surface area contributed by atoms with Gasteiger partial charge in [0, 0.05) is 12.2 Å². The van der Waals surface area contributed by atoms with Gasteiger partial charge in [-0.2, -0.15) is 4.99 Å². The molecule has 0 aromatic heterocycles. The summed E-state index contributed by atoms with van der Waals surface area (Å²) in [5, 5.41) is 0. The van der Waals surface area contributed by atoms with Crippen molar-refractivity contribution < 1.29 is 9.53 Å². The fourth-order valence-electron chi connectivity index (χ4n) is 4.41. The summed E-state index contributed by atoms with van der Waals surface area (Å²) in [5.74, 6) is 0.630. The highest BCUT2D eigenvalue weighted by Gasteiger charge is 2.43. The summed E-state index contributed by atoms with van der Waals surface area (Å²) >= 11 is 0. The highest BCUT2D eigenvalue weighted by molar-refractivity contribution is 6.06. The van der Waals surface area contributed by atoms with Crippen LogP contribution in [-0.2, 0) is 11.2 Å². The van der Waals surface area contributed by atoms with Gasteiger partial charge in [0.1, 0.15) is 5.66 Å². The fourth-order valence-corrected chi connectivity index (χ4v) is 4.41. The topological polar surface area (TPSA) is 110 Å². The van der Waals surface area contributed by atoms with E-state index >= 15 is 0 Å². The van der Waals surface area contributed by atoms with Crippen LogP contribution in [0.3, 0.4) is 0 Å². The van der Waals surface area contributed by atoms with Gasteiger partial charge in [-0.1, -0.05) is 6.42 Å². The second-order valence-corrected chi connectivity index (χ2v) is 7.23. The number of hydrogen-bond donors (Lipinski definition) is 2.